The third-order valence-electron chi connectivity index (χ3n) is 5.80. The number of para-hydroxylation sites is 3. The summed E-state index contributed by atoms with van der Waals surface area (Å²) in [5.41, 5.74) is 0.534. The monoisotopic (exact) mass is 492 g/mol. The van der Waals surface area contributed by atoms with Crippen molar-refractivity contribution in [1.82, 2.24) is 14.5 Å². The molecule has 0 saturated heterocycles. The fraction of sp³-hybridized carbons (Fsp3) is 0.160. The molecular weight excluding hydrogens is 472 g/mol. The van der Waals surface area contributed by atoms with Crippen molar-refractivity contribution in [3.63, 3.8) is 0 Å². The Kier molecular flexibility index (Phi) is 6.52. The topological polar surface area (TPSA) is 108 Å². The fourth-order valence-corrected chi connectivity index (χ4v) is 4.06. The van der Waals surface area contributed by atoms with Gasteiger partial charge in [0.15, 0.2) is 0 Å². The Hall–Kier alpha value is -4.24. The van der Waals surface area contributed by atoms with Crippen LogP contribution in [0.25, 0.3) is 16.6 Å². The molecule has 1 aromatic heterocycles. The number of nitro benzene ring substituents is 1. The van der Waals surface area contributed by atoms with Crippen LogP contribution in [0.2, 0.25) is 5.02 Å². The van der Waals surface area contributed by atoms with Gasteiger partial charge in [0.05, 0.1) is 45.3 Å². The number of non-ortho nitro benzene ring substituents is 1. The Morgan fingerprint density at radius 3 is 2.51 bits per heavy atom. The van der Waals surface area contributed by atoms with E-state index < -0.39 is 16.9 Å². The van der Waals surface area contributed by atoms with E-state index in [1.54, 1.807) is 62.5 Å². The smallest absolute Gasteiger partial charge is 0.270 e. The van der Waals surface area contributed by atoms with Crippen molar-refractivity contribution in [2.45, 2.75) is 13.0 Å². The Balaban J connectivity index is 1.86. The summed E-state index contributed by atoms with van der Waals surface area (Å²) < 4.78 is 6.92. The molecule has 9 nitrogen and oxygen atoms in total. The van der Waals surface area contributed by atoms with Crippen LogP contribution in [0.5, 0.6) is 5.75 Å². The number of nitrogens with zero attached hydrogens (tertiary/aromatic N) is 4. The van der Waals surface area contributed by atoms with E-state index in [0.29, 0.717) is 28.2 Å². The summed E-state index contributed by atoms with van der Waals surface area (Å²) in [5.74, 6) is 0.297. The van der Waals surface area contributed by atoms with Crippen molar-refractivity contribution in [3.05, 3.63) is 104 Å². The second-order valence-electron chi connectivity index (χ2n) is 7.81. The molecule has 0 bridgehead atoms. The van der Waals surface area contributed by atoms with Gasteiger partial charge in [0, 0.05) is 19.2 Å². The molecule has 0 aliphatic carbocycles. The van der Waals surface area contributed by atoms with Crippen LogP contribution in [-0.4, -0.2) is 39.4 Å². The molecule has 1 unspecified atom stereocenters. The molecule has 0 N–H and O–H groups in total. The highest BCUT2D eigenvalue weighted by atomic mass is 35.5. The maximum atomic E-state index is 13.6. The zero-order chi connectivity index (χ0) is 25.3. The Labute approximate surface area is 205 Å². The summed E-state index contributed by atoms with van der Waals surface area (Å²) in [6.45, 7) is 1.74. The maximum absolute atomic E-state index is 13.6. The second kappa shape index (κ2) is 9.55. The van der Waals surface area contributed by atoms with Crippen molar-refractivity contribution in [3.8, 4) is 11.4 Å². The van der Waals surface area contributed by atoms with Crippen molar-refractivity contribution >= 4 is 34.1 Å². The summed E-state index contributed by atoms with van der Waals surface area (Å²) in [7, 11) is 3.06. The summed E-state index contributed by atoms with van der Waals surface area (Å²) in [4.78, 5) is 43.5. The predicted octanol–water partition coefficient (Wildman–Crippen LogP) is 4.79. The van der Waals surface area contributed by atoms with E-state index >= 15 is 0 Å². The van der Waals surface area contributed by atoms with Gasteiger partial charge in [0.2, 0.25) is 0 Å². The van der Waals surface area contributed by atoms with E-state index in [1.165, 1.54) is 28.7 Å². The Morgan fingerprint density at radius 1 is 1.14 bits per heavy atom. The number of ether oxygens (including phenoxy) is 1. The number of methoxy groups -OCH3 is 1. The molecule has 1 atom stereocenters. The number of nitro groups is 1. The molecule has 1 heterocycles. The van der Waals surface area contributed by atoms with Crippen LogP contribution in [0.15, 0.2) is 71.5 Å². The molecule has 3 aromatic carbocycles. The zero-order valence-electron chi connectivity index (χ0n) is 19.1. The van der Waals surface area contributed by atoms with E-state index in [2.05, 4.69) is 0 Å². The largest absolute Gasteiger partial charge is 0.495 e. The minimum Gasteiger partial charge on any atom is -0.495 e. The normalized spacial score (nSPS) is 11.8. The first-order chi connectivity index (χ1) is 16.7. The molecule has 0 fully saturated rings. The number of halogens is 1. The highest BCUT2D eigenvalue weighted by molar-refractivity contribution is 6.34. The van der Waals surface area contributed by atoms with Gasteiger partial charge in [-0.25, -0.2) is 4.98 Å². The average Bonchev–Trinajstić information content (AvgIpc) is 2.87. The highest BCUT2D eigenvalue weighted by Gasteiger charge is 2.27. The van der Waals surface area contributed by atoms with Gasteiger partial charge in [0.25, 0.3) is 17.2 Å². The summed E-state index contributed by atoms with van der Waals surface area (Å²) >= 11 is 6.19. The molecule has 0 radical (unpaired) electrons. The van der Waals surface area contributed by atoms with Gasteiger partial charge < -0.3 is 9.64 Å². The van der Waals surface area contributed by atoms with Crippen LogP contribution in [0.4, 0.5) is 5.69 Å². The lowest BCUT2D eigenvalue weighted by atomic mass is 10.1. The van der Waals surface area contributed by atoms with Gasteiger partial charge in [-0.05, 0) is 37.3 Å². The molecule has 0 aliphatic rings. The SMILES string of the molecule is COc1ccccc1-n1c(C(C)N(C)C(=O)c2ccc([N+](=O)[O-])cc2Cl)nc2ccccc2c1=O. The van der Waals surface area contributed by atoms with E-state index in [4.69, 9.17) is 21.3 Å². The van der Waals surface area contributed by atoms with Gasteiger partial charge in [-0.1, -0.05) is 35.9 Å². The van der Waals surface area contributed by atoms with Crippen molar-refractivity contribution in [2.75, 3.05) is 14.2 Å². The number of carbonyl (C=O) groups excluding carboxylic acids is 1. The van der Waals surface area contributed by atoms with Crippen LogP contribution in [-0.2, 0) is 0 Å². The minimum absolute atomic E-state index is 0.0446. The second-order valence-corrected chi connectivity index (χ2v) is 8.22. The molecule has 0 saturated carbocycles. The molecule has 0 aliphatic heterocycles. The molecule has 1 amide bonds. The number of hydrogen-bond donors (Lipinski definition) is 0. The van der Waals surface area contributed by atoms with Crippen LogP contribution < -0.4 is 10.3 Å². The number of benzene rings is 3. The van der Waals surface area contributed by atoms with Crippen molar-refractivity contribution < 1.29 is 14.5 Å². The minimum atomic E-state index is -0.684. The molecule has 4 aromatic rings. The quantitative estimate of drug-likeness (QED) is 0.283. The molecule has 0 spiro atoms. The third kappa shape index (κ3) is 4.33. The summed E-state index contributed by atoms with van der Waals surface area (Å²) in [6, 6.07) is 17.0. The number of amides is 1. The Bertz CT molecular complexity index is 1520. The lowest BCUT2D eigenvalue weighted by Crippen LogP contribution is -2.35. The van der Waals surface area contributed by atoms with Gasteiger partial charge in [-0.2, -0.15) is 0 Å². The number of hydrogen-bond acceptors (Lipinski definition) is 6. The molecular formula is C25H21ClN4O5. The standard InChI is InChI=1S/C25H21ClN4O5/c1-15(28(2)24(31)17-13-12-16(30(33)34)14-19(17)26)23-27-20-9-5-4-8-18(20)25(32)29(23)21-10-6-7-11-22(21)35-3/h4-15H,1-3H3. The number of carbonyl (C=O) groups is 1. The number of aromatic nitrogens is 2. The third-order valence-corrected chi connectivity index (χ3v) is 6.11. The molecule has 10 heteroatoms. The predicted molar refractivity (Wildman–Crippen MR) is 133 cm³/mol. The Morgan fingerprint density at radius 2 is 1.83 bits per heavy atom. The van der Waals surface area contributed by atoms with Gasteiger partial charge in [-0.15, -0.1) is 0 Å². The van der Waals surface area contributed by atoms with Gasteiger partial charge in [-0.3, -0.25) is 24.3 Å². The maximum Gasteiger partial charge on any atom is 0.270 e. The summed E-state index contributed by atoms with van der Waals surface area (Å²) in [6.07, 6.45) is 0. The highest BCUT2D eigenvalue weighted by Crippen LogP contribution is 2.29. The first-order valence-electron chi connectivity index (χ1n) is 10.6. The van der Waals surface area contributed by atoms with Crippen molar-refractivity contribution in [1.29, 1.82) is 0 Å². The first-order valence-corrected chi connectivity index (χ1v) is 11.0. The molecule has 178 valence electrons. The lowest BCUT2D eigenvalue weighted by molar-refractivity contribution is -0.384. The first kappa shape index (κ1) is 23.9. The lowest BCUT2D eigenvalue weighted by Gasteiger charge is -2.27. The van der Waals surface area contributed by atoms with Crippen molar-refractivity contribution in [2.24, 2.45) is 0 Å². The van der Waals surface area contributed by atoms with E-state index in [-0.39, 0.29) is 21.8 Å². The van der Waals surface area contributed by atoms with Crippen LogP contribution in [0.3, 0.4) is 0 Å². The average molecular weight is 493 g/mol. The number of fused-ring (bicyclic) bond motifs is 1. The van der Waals surface area contributed by atoms with Gasteiger partial charge in [0.1, 0.15) is 11.6 Å². The zero-order valence-corrected chi connectivity index (χ0v) is 19.9. The number of rotatable bonds is 6. The summed E-state index contributed by atoms with van der Waals surface area (Å²) in [5, 5.41) is 11.4. The van der Waals surface area contributed by atoms with Crippen LogP contribution >= 0.6 is 11.6 Å². The van der Waals surface area contributed by atoms with Crippen LogP contribution in [0, 0.1) is 10.1 Å². The van der Waals surface area contributed by atoms with Crippen LogP contribution in [0.1, 0.15) is 29.1 Å². The van der Waals surface area contributed by atoms with E-state index in [1.807, 2.05) is 0 Å². The van der Waals surface area contributed by atoms with E-state index in [0.717, 1.165) is 6.07 Å². The fourth-order valence-electron chi connectivity index (χ4n) is 3.81. The molecule has 4 rings (SSSR count). The van der Waals surface area contributed by atoms with Gasteiger partial charge >= 0.3 is 0 Å². The molecule has 35 heavy (non-hydrogen) atoms. The van der Waals surface area contributed by atoms with E-state index in [9.17, 15) is 19.7 Å².